The molecule has 10 nitrogen and oxygen atoms in total. The summed E-state index contributed by atoms with van der Waals surface area (Å²) in [4.78, 5) is 38.3. The second-order valence-corrected chi connectivity index (χ2v) is 8.88. The van der Waals surface area contributed by atoms with Gasteiger partial charge in [0.2, 0.25) is 0 Å². The number of anilines is 1. The van der Waals surface area contributed by atoms with E-state index in [2.05, 4.69) is 40.4 Å². The fourth-order valence-corrected chi connectivity index (χ4v) is 4.47. The third-order valence-corrected chi connectivity index (χ3v) is 6.37. The van der Waals surface area contributed by atoms with Gasteiger partial charge >= 0.3 is 0 Å². The Balaban J connectivity index is 1.25. The molecule has 1 amide bonds. The van der Waals surface area contributed by atoms with E-state index in [9.17, 15) is 4.79 Å². The predicted molar refractivity (Wildman–Crippen MR) is 148 cm³/mol. The van der Waals surface area contributed by atoms with Crippen LogP contribution in [0.3, 0.4) is 0 Å². The van der Waals surface area contributed by atoms with E-state index in [0.717, 1.165) is 38.6 Å². The van der Waals surface area contributed by atoms with Gasteiger partial charge in [-0.05, 0) is 30.3 Å². The molecule has 39 heavy (non-hydrogen) atoms. The zero-order valence-corrected chi connectivity index (χ0v) is 20.3. The summed E-state index contributed by atoms with van der Waals surface area (Å²) in [5, 5.41) is 11.3. The van der Waals surface area contributed by atoms with Crippen molar-refractivity contribution in [3.8, 4) is 33.9 Å². The Kier molecular flexibility index (Phi) is 5.33. The maximum absolute atomic E-state index is 12.6. The molecule has 10 heteroatoms. The van der Waals surface area contributed by atoms with Crippen molar-refractivity contribution in [3.63, 3.8) is 0 Å². The van der Waals surface area contributed by atoms with Gasteiger partial charge in [0.25, 0.3) is 5.91 Å². The molecule has 1 aromatic carbocycles. The first-order chi connectivity index (χ1) is 19.2. The highest BCUT2D eigenvalue weighted by Crippen LogP contribution is 2.32. The predicted octanol–water partition coefficient (Wildman–Crippen LogP) is 5.27. The zero-order valence-electron chi connectivity index (χ0n) is 20.3. The lowest BCUT2D eigenvalue weighted by molar-refractivity contribution is 0.102. The molecule has 0 aliphatic heterocycles. The van der Waals surface area contributed by atoms with Crippen molar-refractivity contribution in [1.82, 2.24) is 40.1 Å². The molecular formula is C29H19N9O. The zero-order chi connectivity index (χ0) is 26.2. The first kappa shape index (κ1) is 22.4. The number of hydrogen-bond donors (Lipinski definition) is 3. The summed E-state index contributed by atoms with van der Waals surface area (Å²) in [7, 11) is 0. The summed E-state index contributed by atoms with van der Waals surface area (Å²) < 4.78 is 0. The van der Waals surface area contributed by atoms with Crippen LogP contribution in [0.15, 0.2) is 98.0 Å². The molecule has 3 N–H and O–H groups in total. The number of aromatic nitrogens is 8. The average molecular weight is 510 g/mol. The SMILES string of the molecule is O=C(Nc1cncc(-c2cc3c(-c4nc5c(-c6cccnc6)cncc5[nH]4)n[nH]c3cn2)c1)c1ccccc1. The van der Waals surface area contributed by atoms with Gasteiger partial charge in [0.05, 0.1) is 41.0 Å². The summed E-state index contributed by atoms with van der Waals surface area (Å²) in [5.41, 5.74) is 7.38. The summed E-state index contributed by atoms with van der Waals surface area (Å²) in [6.07, 6.45) is 12.1. The third kappa shape index (κ3) is 4.15. The van der Waals surface area contributed by atoms with Crippen LogP contribution in [0.25, 0.3) is 55.8 Å². The number of rotatable bonds is 5. The van der Waals surface area contributed by atoms with Gasteiger partial charge in [-0.15, -0.1) is 0 Å². The van der Waals surface area contributed by atoms with E-state index in [1.165, 1.54) is 0 Å². The number of fused-ring (bicyclic) bond motifs is 2. The number of nitrogens with zero attached hydrogens (tertiary/aromatic N) is 6. The van der Waals surface area contributed by atoms with E-state index in [0.29, 0.717) is 28.5 Å². The summed E-state index contributed by atoms with van der Waals surface area (Å²) in [6, 6.07) is 16.7. The van der Waals surface area contributed by atoms with Gasteiger partial charge < -0.3 is 10.3 Å². The van der Waals surface area contributed by atoms with Crippen LogP contribution in [0.4, 0.5) is 5.69 Å². The average Bonchev–Trinajstić information content (AvgIpc) is 3.62. The molecule has 0 aliphatic carbocycles. The highest BCUT2D eigenvalue weighted by atomic mass is 16.1. The lowest BCUT2D eigenvalue weighted by Gasteiger charge is -2.07. The normalized spacial score (nSPS) is 11.2. The number of pyridine rings is 4. The Labute approximate surface area is 221 Å². The molecule has 0 atom stereocenters. The first-order valence-electron chi connectivity index (χ1n) is 12.1. The molecule has 0 spiro atoms. The lowest BCUT2D eigenvalue weighted by atomic mass is 10.1. The summed E-state index contributed by atoms with van der Waals surface area (Å²) in [5.74, 6) is 0.397. The molecule has 0 saturated carbocycles. The highest BCUT2D eigenvalue weighted by molar-refractivity contribution is 6.04. The van der Waals surface area contributed by atoms with Gasteiger partial charge in [0.15, 0.2) is 5.82 Å². The van der Waals surface area contributed by atoms with E-state index < -0.39 is 0 Å². The number of nitrogens with one attached hydrogen (secondary N) is 3. The molecule has 0 aliphatic rings. The van der Waals surface area contributed by atoms with Crippen molar-refractivity contribution >= 4 is 33.5 Å². The van der Waals surface area contributed by atoms with Crippen LogP contribution in [0.5, 0.6) is 0 Å². The van der Waals surface area contributed by atoms with Crippen molar-refractivity contribution < 1.29 is 4.79 Å². The number of imidazole rings is 1. The molecule has 0 saturated heterocycles. The van der Waals surface area contributed by atoms with Gasteiger partial charge in [0, 0.05) is 52.4 Å². The van der Waals surface area contributed by atoms with Crippen LogP contribution >= 0.6 is 0 Å². The maximum atomic E-state index is 12.6. The van der Waals surface area contributed by atoms with Gasteiger partial charge in [-0.3, -0.25) is 29.8 Å². The minimum absolute atomic E-state index is 0.208. The monoisotopic (exact) mass is 509 g/mol. The van der Waals surface area contributed by atoms with Crippen LogP contribution < -0.4 is 5.32 Å². The standard InChI is InChI=1S/C29H19N9O/c39-29(17-5-2-1-3-6-17)34-20-9-19(12-31-13-20)23-10-21-24(16-33-23)37-38-27(21)28-35-25-15-32-14-22(26(25)36-28)18-7-4-8-30-11-18/h1-16H,(H,34,39)(H,35,36)(H,37,38). The Morgan fingerprint density at radius 2 is 1.67 bits per heavy atom. The fraction of sp³-hybridized carbons (Fsp3) is 0. The van der Waals surface area contributed by atoms with Crippen molar-refractivity contribution in [3.05, 3.63) is 104 Å². The van der Waals surface area contributed by atoms with E-state index in [-0.39, 0.29) is 5.91 Å². The number of H-pyrrole nitrogens is 2. The number of benzene rings is 1. The second-order valence-electron chi connectivity index (χ2n) is 8.88. The van der Waals surface area contributed by atoms with E-state index in [4.69, 9.17) is 4.98 Å². The third-order valence-electron chi connectivity index (χ3n) is 6.37. The first-order valence-corrected chi connectivity index (χ1v) is 12.1. The van der Waals surface area contributed by atoms with E-state index in [1.54, 1.807) is 55.5 Å². The molecule has 7 rings (SSSR count). The molecule has 6 aromatic heterocycles. The molecular weight excluding hydrogens is 490 g/mol. The Morgan fingerprint density at radius 1 is 0.795 bits per heavy atom. The Morgan fingerprint density at radius 3 is 2.54 bits per heavy atom. The Hall–Kier alpha value is -5.77. The highest BCUT2D eigenvalue weighted by Gasteiger charge is 2.17. The van der Waals surface area contributed by atoms with Crippen LogP contribution in [0.1, 0.15) is 10.4 Å². The number of hydrogen-bond acceptors (Lipinski definition) is 7. The van der Waals surface area contributed by atoms with Gasteiger partial charge in [-0.25, -0.2) is 4.98 Å². The van der Waals surface area contributed by atoms with E-state index in [1.807, 2.05) is 42.5 Å². The van der Waals surface area contributed by atoms with Crippen molar-refractivity contribution in [2.75, 3.05) is 5.32 Å². The van der Waals surface area contributed by atoms with Crippen molar-refractivity contribution in [2.24, 2.45) is 0 Å². The maximum Gasteiger partial charge on any atom is 0.255 e. The molecule has 7 aromatic rings. The number of aromatic amines is 2. The van der Waals surface area contributed by atoms with Gasteiger partial charge in [0.1, 0.15) is 11.2 Å². The van der Waals surface area contributed by atoms with Crippen molar-refractivity contribution in [2.45, 2.75) is 0 Å². The summed E-state index contributed by atoms with van der Waals surface area (Å²) >= 11 is 0. The largest absolute Gasteiger partial charge is 0.335 e. The minimum atomic E-state index is -0.208. The molecule has 6 heterocycles. The second kappa shape index (κ2) is 9.27. The smallest absolute Gasteiger partial charge is 0.255 e. The van der Waals surface area contributed by atoms with Crippen LogP contribution in [0.2, 0.25) is 0 Å². The topological polar surface area (TPSA) is 138 Å². The molecule has 0 unspecified atom stereocenters. The number of amides is 1. The lowest BCUT2D eigenvalue weighted by Crippen LogP contribution is -2.11. The molecule has 0 radical (unpaired) electrons. The number of carbonyl (C=O) groups excluding carboxylic acids is 1. The quantitative estimate of drug-likeness (QED) is 0.287. The fourth-order valence-electron chi connectivity index (χ4n) is 4.47. The number of carbonyl (C=O) groups is 1. The van der Waals surface area contributed by atoms with Crippen LogP contribution in [-0.4, -0.2) is 46.0 Å². The van der Waals surface area contributed by atoms with Crippen LogP contribution in [-0.2, 0) is 0 Å². The van der Waals surface area contributed by atoms with Crippen LogP contribution in [0, 0.1) is 0 Å². The molecule has 186 valence electrons. The van der Waals surface area contributed by atoms with Gasteiger partial charge in [-0.2, -0.15) is 5.10 Å². The van der Waals surface area contributed by atoms with Gasteiger partial charge in [-0.1, -0.05) is 24.3 Å². The minimum Gasteiger partial charge on any atom is -0.335 e. The van der Waals surface area contributed by atoms with E-state index >= 15 is 0 Å². The molecule has 0 bridgehead atoms. The Bertz CT molecular complexity index is 1960. The molecule has 0 fully saturated rings. The van der Waals surface area contributed by atoms with Crippen molar-refractivity contribution in [1.29, 1.82) is 0 Å². The summed E-state index contributed by atoms with van der Waals surface area (Å²) in [6.45, 7) is 0.